The zero-order chi connectivity index (χ0) is 13.5. The number of halogens is 1. The van der Waals surface area contributed by atoms with Gasteiger partial charge in [-0.05, 0) is 71.6 Å². The van der Waals surface area contributed by atoms with E-state index >= 15 is 0 Å². The summed E-state index contributed by atoms with van der Waals surface area (Å²) in [6, 6.07) is 4.27. The molecule has 1 aromatic rings. The lowest BCUT2D eigenvalue weighted by Gasteiger charge is -2.41. The van der Waals surface area contributed by atoms with Crippen LogP contribution in [0.1, 0.15) is 44.1 Å². The van der Waals surface area contributed by atoms with Gasteiger partial charge in [0.1, 0.15) is 0 Å². The molecule has 1 saturated heterocycles. The number of rotatable bonds is 1. The molecule has 1 heterocycles. The van der Waals surface area contributed by atoms with Crippen LogP contribution in [-0.2, 0) is 0 Å². The number of hydrogen-bond donors (Lipinski definition) is 1. The first kappa shape index (κ1) is 13.3. The summed E-state index contributed by atoms with van der Waals surface area (Å²) in [6.45, 7) is 4.48. The fourth-order valence-corrected chi connectivity index (χ4v) is 4.38. The second-order valence-electron chi connectivity index (χ2n) is 6.35. The van der Waals surface area contributed by atoms with E-state index in [1.54, 1.807) is 0 Å². The first-order valence-corrected chi connectivity index (χ1v) is 8.20. The van der Waals surface area contributed by atoms with Crippen LogP contribution in [0, 0.1) is 12.3 Å². The van der Waals surface area contributed by atoms with E-state index in [1.807, 2.05) is 6.07 Å². The Kier molecular flexibility index (Phi) is 3.50. The topological polar surface area (TPSA) is 29.3 Å². The van der Waals surface area contributed by atoms with Crippen LogP contribution in [-0.4, -0.2) is 13.1 Å². The van der Waals surface area contributed by atoms with Gasteiger partial charge in [-0.1, -0.05) is 12.8 Å². The van der Waals surface area contributed by atoms with Gasteiger partial charge in [0.05, 0.1) is 5.69 Å². The molecule has 104 valence electrons. The van der Waals surface area contributed by atoms with Crippen molar-refractivity contribution in [3.63, 3.8) is 0 Å². The number of benzene rings is 1. The third kappa shape index (κ3) is 2.49. The predicted octanol–water partition coefficient (Wildman–Crippen LogP) is 4.50. The number of aryl methyl sites for hydroxylation is 1. The summed E-state index contributed by atoms with van der Waals surface area (Å²) in [7, 11) is 0. The average Bonchev–Trinajstić information content (AvgIpc) is 2.84. The van der Waals surface area contributed by atoms with E-state index in [2.05, 4.69) is 33.8 Å². The summed E-state index contributed by atoms with van der Waals surface area (Å²) in [5.41, 5.74) is 10.0. The maximum absolute atomic E-state index is 5.96. The Hall–Kier alpha value is -0.700. The van der Waals surface area contributed by atoms with E-state index in [4.69, 9.17) is 5.73 Å². The lowest BCUT2D eigenvalue weighted by Crippen LogP contribution is -2.39. The third-order valence-electron chi connectivity index (χ3n) is 5.16. The Morgan fingerprint density at radius 3 is 2.37 bits per heavy atom. The zero-order valence-electron chi connectivity index (χ0n) is 11.7. The summed E-state index contributed by atoms with van der Waals surface area (Å²) < 4.78 is 1.14. The van der Waals surface area contributed by atoms with Gasteiger partial charge in [0.2, 0.25) is 0 Å². The van der Waals surface area contributed by atoms with E-state index in [1.165, 1.54) is 62.9 Å². The van der Waals surface area contributed by atoms with Crippen LogP contribution in [0.2, 0.25) is 0 Å². The maximum atomic E-state index is 5.96. The molecule has 0 radical (unpaired) electrons. The van der Waals surface area contributed by atoms with Crippen molar-refractivity contribution < 1.29 is 0 Å². The molecule has 0 atom stereocenters. The highest BCUT2D eigenvalue weighted by molar-refractivity contribution is 9.10. The molecule has 3 rings (SSSR count). The van der Waals surface area contributed by atoms with Gasteiger partial charge in [-0.3, -0.25) is 0 Å². The smallest absolute Gasteiger partial charge is 0.0514 e. The van der Waals surface area contributed by atoms with Crippen molar-refractivity contribution in [3.05, 3.63) is 22.2 Å². The van der Waals surface area contributed by atoms with Crippen LogP contribution in [0.15, 0.2) is 16.6 Å². The zero-order valence-corrected chi connectivity index (χ0v) is 13.3. The summed E-state index contributed by atoms with van der Waals surface area (Å²) in [5.74, 6) is 0. The van der Waals surface area contributed by atoms with Crippen LogP contribution >= 0.6 is 15.9 Å². The van der Waals surface area contributed by atoms with Crippen molar-refractivity contribution in [2.75, 3.05) is 23.7 Å². The molecule has 1 aliphatic carbocycles. The summed E-state index contributed by atoms with van der Waals surface area (Å²) in [6.07, 6.45) is 8.55. The lowest BCUT2D eigenvalue weighted by molar-refractivity contribution is 0.226. The molecular formula is C16H23BrN2. The fourth-order valence-electron chi connectivity index (χ4n) is 3.77. The van der Waals surface area contributed by atoms with Crippen LogP contribution < -0.4 is 10.6 Å². The minimum atomic E-state index is 0.686. The highest BCUT2D eigenvalue weighted by Crippen LogP contribution is 2.47. The number of nitrogens with two attached hydrogens (primary N) is 1. The fraction of sp³-hybridized carbons (Fsp3) is 0.625. The number of anilines is 2. The molecule has 0 aromatic heterocycles. The Balaban J connectivity index is 1.76. The predicted molar refractivity (Wildman–Crippen MR) is 85.6 cm³/mol. The molecular weight excluding hydrogens is 300 g/mol. The SMILES string of the molecule is Cc1cc(N2CCC3(CCCC3)CC2)c(Br)cc1N. The highest BCUT2D eigenvalue weighted by Gasteiger charge is 2.37. The minimum absolute atomic E-state index is 0.686. The number of nitrogen functional groups attached to an aromatic ring is 1. The van der Waals surface area contributed by atoms with Crippen molar-refractivity contribution in [1.82, 2.24) is 0 Å². The average molecular weight is 323 g/mol. The molecule has 19 heavy (non-hydrogen) atoms. The molecule has 1 aliphatic heterocycles. The highest BCUT2D eigenvalue weighted by atomic mass is 79.9. The Morgan fingerprint density at radius 2 is 1.74 bits per heavy atom. The van der Waals surface area contributed by atoms with Crippen molar-refractivity contribution in [2.24, 2.45) is 5.41 Å². The molecule has 0 bridgehead atoms. The maximum Gasteiger partial charge on any atom is 0.0514 e. The van der Waals surface area contributed by atoms with Crippen molar-refractivity contribution >= 4 is 27.3 Å². The Bertz CT molecular complexity index is 468. The van der Waals surface area contributed by atoms with Gasteiger partial charge >= 0.3 is 0 Å². The van der Waals surface area contributed by atoms with Crippen LogP contribution in [0.5, 0.6) is 0 Å². The monoisotopic (exact) mass is 322 g/mol. The Morgan fingerprint density at radius 1 is 1.11 bits per heavy atom. The van der Waals surface area contributed by atoms with Crippen molar-refractivity contribution in [3.8, 4) is 0 Å². The van der Waals surface area contributed by atoms with E-state index in [0.717, 1.165) is 10.2 Å². The number of nitrogens with zero attached hydrogens (tertiary/aromatic N) is 1. The molecule has 1 spiro atoms. The van der Waals surface area contributed by atoms with Gasteiger partial charge in [0, 0.05) is 23.2 Å². The van der Waals surface area contributed by atoms with Crippen molar-refractivity contribution in [2.45, 2.75) is 45.4 Å². The largest absolute Gasteiger partial charge is 0.398 e. The van der Waals surface area contributed by atoms with Crippen LogP contribution in [0.25, 0.3) is 0 Å². The molecule has 1 saturated carbocycles. The molecule has 1 aromatic carbocycles. The van der Waals surface area contributed by atoms with Crippen molar-refractivity contribution in [1.29, 1.82) is 0 Å². The van der Waals surface area contributed by atoms with E-state index in [9.17, 15) is 0 Å². The molecule has 3 heteroatoms. The summed E-state index contributed by atoms with van der Waals surface area (Å²) in [5, 5.41) is 0. The molecule has 2 N–H and O–H groups in total. The Labute approximate surface area is 124 Å². The summed E-state index contributed by atoms with van der Waals surface area (Å²) in [4.78, 5) is 2.53. The second-order valence-corrected chi connectivity index (χ2v) is 7.21. The molecule has 2 aliphatic rings. The van der Waals surface area contributed by atoms with E-state index < -0.39 is 0 Å². The molecule has 2 fully saturated rings. The first-order chi connectivity index (χ1) is 9.10. The third-order valence-corrected chi connectivity index (χ3v) is 5.80. The van der Waals surface area contributed by atoms with Crippen LogP contribution in [0.4, 0.5) is 11.4 Å². The van der Waals surface area contributed by atoms with E-state index in [-0.39, 0.29) is 0 Å². The number of hydrogen-bond acceptors (Lipinski definition) is 2. The second kappa shape index (κ2) is 5.01. The van der Waals surface area contributed by atoms with Gasteiger partial charge < -0.3 is 10.6 Å². The first-order valence-electron chi connectivity index (χ1n) is 7.40. The number of piperidine rings is 1. The standard InChI is InChI=1S/C16H23BrN2/c1-12-10-15(13(17)11-14(12)18)19-8-6-16(7-9-19)4-2-3-5-16/h10-11H,2-9,18H2,1H3. The minimum Gasteiger partial charge on any atom is -0.398 e. The summed E-state index contributed by atoms with van der Waals surface area (Å²) >= 11 is 3.67. The van der Waals surface area contributed by atoms with Crippen LogP contribution in [0.3, 0.4) is 0 Å². The quantitative estimate of drug-likeness (QED) is 0.771. The normalized spacial score (nSPS) is 22.1. The van der Waals surface area contributed by atoms with Gasteiger partial charge in [-0.25, -0.2) is 0 Å². The molecule has 0 amide bonds. The van der Waals surface area contributed by atoms with Gasteiger partial charge in [-0.2, -0.15) is 0 Å². The lowest BCUT2D eigenvalue weighted by atomic mass is 9.77. The van der Waals surface area contributed by atoms with Gasteiger partial charge in [0.25, 0.3) is 0 Å². The van der Waals surface area contributed by atoms with E-state index in [0.29, 0.717) is 5.41 Å². The van der Waals surface area contributed by atoms with Gasteiger partial charge in [-0.15, -0.1) is 0 Å². The van der Waals surface area contributed by atoms with Gasteiger partial charge in [0.15, 0.2) is 0 Å². The molecule has 2 nitrogen and oxygen atoms in total. The molecule has 0 unspecified atom stereocenters.